The molecule has 0 aliphatic heterocycles. The topological polar surface area (TPSA) is 63.2 Å². The van der Waals surface area contributed by atoms with E-state index in [1.54, 1.807) is 13.3 Å². The van der Waals surface area contributed by atoms with E-state index in [1.165, 1.54) is 5.56 Å². The maximum atomic E-state index is 11.9. The van der Waals surface area contributed by atoms with Crippen LogP contribution >= 0.6 is 0 Å². The Morgan fingerprint density at radius 1 is 1.22 bits per heavy atom. The van der Waals surface area contributed by atoms with Crippen LogP contribution < -0.4 is 15.4 Å². The molecule has 2 aromatic rings. The maximum Gasteiger partial charge on any atom is 0.315 e. The Morgan fingerprint density at radius 3 is 2.65 bits per heavy atom. The summed E-state index contributed by atoms with van der Waals surface area (Å²) in [4.78, 5) is 16.0. The van der Waals surface area contributed by atoms with Crippen molar-refractivity contribution in [2.75, 3.05) is 7.11 Å². The molecule has 1 unspecified atom stereocenters. The molecule has 2 rings (SSSR count). The van der Waals surface area contributed by atoms with Crippen LogP contribution in [0.25, 0.3) is 0 Å². The van der Waals surface area contributed by atoms with Gasteiger partial charge in [0.2, 0.25) is 0 Å². The van der Waals surface area contributed by atoms with Gasteiger partial charge in [-0.2, -0.15) is 0 Å². The summed E-state index contributed by atoms with van der Waals surface area (Å²) >= 11 is 0. The summed E-state index contributed by atoms with van der Waals surface area (Å²) in [6.07, 6.45) is 3.50. The van der Waals surface area contributed by atoms with Crippen molar-refractivity contribution in [2.45, 2.75) is 32.4 Å². The third-order valence-corrected chi connectivity index (χ3v) is 3.56. The van der Waals surface area contributed by atoms with Gasteiger partial charge >= 0.3 is 6.03 Å². The van der Waals surface area contributed by atoms with Crippen LogP contribution in [0.15, 0.2) is 48.7 Å². The number of aromatic nitrogens is 1. The summed E-state index contributed by atoms with van der Waals surface area (Å²) in [7, 11) is 1.66. The number of benzene rings is 1. The van der Waals surface area contributed by atoms with E-state index in [4.69, 9.17) is 4.74 Å². The highest BCUT2D eigenvalue weighted by Gasteiger charge is 2.07. The molecule has 0 radical (unpaired) electrons. The van der Waals surface area contributed by atoms with Gasteiger partial charge in [0.05, 0.1) is 19.3 Å². The lowest BCUT2D eigenvalue weighted by molar-refractivity contribution is 0.236. The van der Waals surface area contributed by atoms with E-state index in [9.17, 15) is 4.79 Å². The van der Waals surface area contributed by atoms with Crippen LogP contribution in [0, 0.1) is 0 Å². The van der Waals surface area contributed by atoms with Crippen molar-refractivity contribution in [3.05, 3.63) is 59.9 Å². The first-order valence-electron chi connectivity index (χ1n) is 7.74. The highest BCUT2D eigenvalue weighted by Crippen LogP contribution is 2.13. The number of ether oxygens (including phenoxy) is 1. The van der Waals surface area contributed by atoms with Crippen molar-refractivity contribution in [1.82, 2.24) is 15.6 Å². The second-order valence-corrected chi connectivity index (χ2v) is 5.44. The lowest BCUT2D eigenvalue weighted by Gasteiger charge is -2.14. The normalized spacial score (nSPS) is 11.6. The fraction of sp³-hybridized carbons (Fsp3) is 0.333. The largest absolute Gasteiger partial charge is 0.497 e. The average Bonchev–Trinajstić information content (AvgIpc) is 2.59. The third-order valence-electron chi connectivity index (χ3n) is 3.56. The Labute approximate surface area is 137 Å². The van der Waals surface area contributed by atoms with Crippen LogP contribution in [-0.2, 0) is 13.0 Å². The van der Waals surface area contributed by atoms with Crippen LogP contribution in [0.2, 0.25) is 0 Å². The lowest BCUT2D eigenvalue weighted by atomic mass is 10.1. The van der Waals surface area contributed by atoms with Crippen LogP contribution in [0.5, 0.6) is 5.75 Å². The minimum Gasteiger partial charge on any atom is -0.497 e. The minimum atomic E-state index is -0.169. The SMILES string of the molecule is COc1ccc(CCC(C)NC(=O)NCc2ccccn2)cc1. The summed E-state index contributed by atoms with van der Waals surface area (Å²) < 4.78 is 5.14. The van der Waals surface area contributed by atoms with Crippen LogP contribution in [0.4, 0.5) is 4.79 Å². The smallest absolute Gasteiger partial charge is 0.315 e. The van der Waals surface area contributed by atoms with Gasteiger partial charge in [-0.3, -0.25) is 4.98 Å². The molecule has 0 saturated carbocycles. The van der Waals surface area contributed by atoms with Crippen LogP contribution in [0.3, 0.4) is 0 Å². The number of methoxy groups -OCH3 is 1. The van der Waals surface area contributed by atoms with Gasteiger partial charge in [-0.15, -0.1) is 0 Å². The van der Waals surface area contributed by atoms with Crippen molar-refractivity contribution in [1.29, 1.82) is 0 Å². The Morgan fingerprint density at radius 2 is 2.00 bits per heavy atom. The monoisotopic (exact) mass is 313 g/mol. The predicted molar refractivity (Wildman–Crippen MR) is 90.4 cm³/mol. The van der Waals surface area contributed by atoms with Gasteiger partial charge in [-0.1, -0.05) is 18.2 Å². The van der Waals surface area contributed by atoms with Crippen molar-refractivity contribution in [3.8, 4) is 5.75 Å². The Balaban J connectivity index is 1.69. The lowest BCUT2D eigenvalue weighted by Crippen LogP contribution is -2.40. The molecule has 1 aromatic heterocycles. The van der Waals surface area contributed by atoms with Gasteiger partial charge in [0, 0.05) is 12.2 Å². The summed E-state index contributed by atoms with van der Waals surface area (Å²) in [6.45, 7) is 2.43. The fourth-order valence-electron chi connectivity index (χ4n) is 2.20. The Bertz CT molecular complexity index is 599. The first-order valence-corrected chi connectivity index (χ1v) is 7.74. The van der Waals surface area contributed by atoms with Crippen molar-refractivity contribution in [3.63, 3.8) is 0 Å². The zero-order valence-electron chi connectivity index (χ0n) is 13.6. The van der Waals surface area contributed by atoms with E-state index in [-0.39, 0.29) is 12.1 Å². The molecule has 23 heavy (non-hydrogen) atoms. The van der Waals surface area contributed by atoms with E-state index in [2.05, 4.69) is 15.6 Å². The molecule has 0 aliphatic rings. The maximum absolute atomic E-state index is 11.9. The summed E-state index contributed by atoms with van der Waals surface area (Å²) in [6, 6.07) is 13.6. The molecule has 122 valence electrons. The number of rotatable bonds is 7. The molecule has 0 saturated heterocycles. The van der Waals surface area contributed by atoms with Gasteiger partial charge in [0.1, 0.15) is 5.75 Å². The molecule has 1 aromatic carbocycles. The molecule has 0 fully saturated rings. The number of aryl methyl sites for hydroxylation is 1. The van der Waals surface area contributed by atoms with Gasteiger partial charge in [0.25, 0.3) is 0 Å². The summed E-state index contributed by atoms with van der Waals surface area (Å²) in [5.74, 6) is 0.855. The molecule has 1 heterocycles. The molecule has 0 spiro atoms. The summed E-state index contributed by atoms with van der Waals surface area (Å²) in [5, 5.41) is 5.75. The number of pyridine rings is 1. The average molecular weight is 313 g/mol. The zero-order valence-corrected chi connectivity index (χ0v) is 13.6. The number of carbonyl (C=O) groups excluding carboxylic acids is 1. The first kappa shape index (κ1) is 16.8. The van der Waals surface area contributed by atoms with E-state index >= 15 is 0 Å². The molecule has 0 bridgehead atoms. The zero-order chi connectivity index (χ0) is 16.5. The van der Waals surface area contributed by atoms with E-state index in [0.717, 1.165) is 24.3 Å². The number of nitrogens with one attached hydrogen (secondary N) is 2. The number of hydrogen-bond acceptors (Lipinski definition) is 3. The number of amides is 2. The quantitative estimate of drug-likeness (QED) is 0.826. The second-order valence-electron chi connectivity index (χ2n) is 5.44. The van der Waals surface area contributed by atoms with E-state index < -0.39 is 0 Å². The molecule has 1 atom stereocenters. The van der Waals surface area contributed by atoms with Crippen molar-refractivity contribution >= 4 is 6.03 Å². The van der Waals surface area contributed by atoms with E-state index in [1.807, 2.05) is 49.4 Å². The highest BCUT2D eigenvalue weighted by atomic mass is 16.5. The molecular formula is C18H23N3O2. The second kappa shape index (κ2) is 8.78. The van der Waals surface area contributed by atoms with Gasteiger partial charge in [0.15, 0.2) is 0 Å². The van der Waals surface area contributed by atoms with Crippen molar-refractivity contribution in [2.24, 2.45) is 0 Å². The predicted octanol–water partition coefficient (Wildman–Crippen LogP) is 2.91. The first-order chi connectivity index (χ1) is 11.2. The van der Waals surface area contributed by atoms with E-state index in [0.29, 0.717) is 6.54 Å². The molecular weight excluding hydrogens is 290 g/mol. The minimum absolute atomic E-state index is 0.0980. The fourth-order valence-corrected chi connectivity index (χ4v) is 2.20. The number of hydrogen-bond donors (Lipinski definition) is 2. The molecule has 2 amide bonds. The Kier molecular flexibility index (Phi) is 6.41. The molecule has 2 N–H and O–H groups in total. The summed E-state index contributed by atoms with van der Waals surface area (Å²) in [5.41, 5.74) is 2.07. The molecule has 0 aliphatic carbocycles. The van der Waals surface area contributed by atoms with Gasteiger partial charge < -0.3 is 15.4 Å². The molecule has 5 nitrogen and oxygen atoms in total. The molecule has 5 heteroatoms. The standard InChI is InChI=1S/C18H23N3O2/c1-14(6-7-15-8-10-17(23-2)11-9-15)21-18(22)20-13-16-5-3-4-12-19-16/h3-5,8-12,14H,6-7,13H2,1-2H3,(H2,20,21,22). The third kappa shape index (κ3) is 5.98. The number of urea groups is 1. The van der Waals surface area contributed by atoms with Crippen LogP contribution in [0.1, 0.15) is 24.6 Å². The van der Waals surface area contributed by atoms with Gasteiger partial charge in [-0.25, -0.2) is 4.79 Å². The highest BCUT2D eigenvalue weighted by molar-refractivity contribution is 5.74. The number of carbonyl (C=O) groups is 1. The van der Waals surface area contributed by atoms with Crippen molar-refractivity contribution < 1.29 is 9.53 Å². The van der Waals surface area contributed by atoms with Crippen LogP contribution in [-0.4, -0.2) is 24.2 Å². The van der Waals surface area contributed by atoms with Gasteiger partial charge in [-0.05, 0) is 49.6 Å². The number of nitrogens with zero attached hydrogens (tertiary/aromatic N) is 1. The Hall–Kier alpha value is -2.56.